The lowest BCUT2D eigenvalue weighted by Gasteiger charge is -1.97. The van der Waals surface area contributed by atoms with Crippen LogP contribution in [0.1, 0.15) is 6.42 Å². The Balaban J connectivity index is 3.87. The number of halogens is 2. The summed E-state index contributed by atoms with van der Waals surface area (Å²) in [5.41, 5.74) is 0. The molecule has 0 aromatic rings. The number of allylic oxidation sites excluding steroid dienone is 1. The smallest absolute Gasteiger partial charge is 0.228 e. The average molecular weight is 220 g/mol. The topological polar surface area (TPSA) is 46.2 Å². The van der Waals surface area contributed by atoms with Crippen LogP contribution in [0.25, 0.3) is 0 Å². The molecule has 0 saturated carbocycles. The van der Waals surface area contributed by atoms with E-state index in [1.807, 2.05) is 0 Å². The van der Waals surface area contributed by atoms with Gasteiger partial charge in [-0.2, -0.15) is 0 Å². The molecule has 0 aliphatic heterocycles. The first-order chi connectivity index (χ1) is 6.06. The molecule has 0 bridgehead atoms. The van der Waals surface area contributed by atoms with Crippen LogP contribution in [0, 0.1) is 12.3 Å². The Bertz CT molecular complexity index is 274. The third kappa shape index (κ3) is 7.38. The number of rotatable bonds is 4. The summed E-state index contributed by atoms with van der Waals surface area (Å²) < 4.78 is -0.172. The highest BCUT2D eigenvalue weighted by atomic mass is 35.5. The van der Waals surface area contributed by atoms with Gasteiger partial charge in [-0.15, -0.1) is 6.42 Å². The first-order valence-electron chi connectivity index (χ1n) is 3.32. The molecule has 0 saturated heterocycles. The Morgan fingerprint density at radius 1 is 1.46 bits per heavy atom. The summed E-state index contributed by atoms with van der Waals surface area (Å²) >= 11 is 10.4. The number of amides is 1. The van der Waals surface area contributed by atoms with Gasteiger partial charge in [-0.05, 0) is 0 Å². The van der Waals surface area contributed by atoms with Gasteiger partial charge in [0.15, 0.2) is 5.78 Å². The zero-order valence-electron chi connectivity index (χ0n) is 6.64. The summed E-state index contributed by atoms with van der Waals surface area (Å²) in [6.45, 7) is 0.102. The van der Waals surface area contributed by atoms with E-state index in [9.17, 15) is 9.59 Å². The van der Waals surface area contributed by atoms with Crippen LogP contribution in [0.2, 0.25) is 0 Å². The van der Waals surface area contributed by atoms with Crippen LogP contribution >= 0.6 is 23.2 Å². The predicted octanol–water partition coefficient (Wildman–Crippen LogP) is 1.01. The minimum atomic E-state index is -0.463. The normalized spacial score (nSPS) is 8.38. The van der Waals surface area contributed by atoms with Crippen molar-refractivity contribution in [1.82, 2.24) is 5.32 Å². The van der Waals surface area contributed by atoms with E-state index in [0.29, 0.717) is 0 Å². The van der Waals surface area contributed by atoms with Crippen LogP contribution in [-0.2, 0) is 9.59 Å². The molecular weight excluding hydrogens is 213 g/mol. The third-order valence-corrected chi connectivity index (χ3v) is 1.21. The molecule has 1 amide bonds. The van der Waals surface area contributed by atoms with Crippen molar-refractivity contribution in [2.45, 2.75) is 6.42 Å². The SMILES string of the molecule is C#CCNC(=O)CC(=O)C=C(Cl)Cl. The first kappa shape index (κ1) is 12.0. The maximum Gasteiger partial charge on any atom is 0.228 e. The highest BCUT2D eigenvalue weighted by molar-refractivity contribution is 6.56. The van der Waals surface area contributed by atoms with Gasteiger partial charge >= 0.3 is 0 Å². The van der Waals surface area contributed by atoms with Gasteiger partial charge in [0.2, 0.25) is 5.91 Å². The second kappa shape index (κ2) is 6.53. The summed E-state index contributed by atoms with van der Waals surface area (Å²) in [7, 11) is 0. The molecule has 0 rings (SSSR count). The zero-order chi connectivity index (χ0) is 10.3. The van der Waals surface area contributed by atoms with Crippen LogP contribution in [0.3, 0.4) is 0 Å². The van der Waals surface area contributed by atoms with Gasteiger partial charge in [0.1, 0.15) is 4.49 Å². The number of carbonyl (C=O) groups excluding carboxylic acids is 2. The highest BCUT2D eigenvalue weighted by Crippen LogP contribution is 2.06. The predicted molar refractivity (Wildman–Crippen MR) is 51.3 cm³/mol. The quantitative estimate of drug-likeness (QED) is 0.436. The molecular formula is C8H7Cl2NO2. The van der Waals surface area contributed by atoms with Crippen molar-refractivity contribution in [1.29, 1.82) is 0 Å². The van der Waals surface area contributed by atoms with Crippen molar-refractivity contribution < 1.29 is 9.59 Å². The van der Waals surface area contributed by atoms with Gasteiger partial charge in [0.05, 0.1) is 13.0 Å². The molecule has 0 aliphatic rings. The summed E-state index contributed by atoms with van der Waals surface area (Å²) in [6.07, 6.45) is 5.55. The number of carbonyl (C=O) groups is 2. The van der Waals surface area contributed by atoms with Crippen LogP contribution in [-0.4, -0.2) is 18.2 Å². The minimum Gasteiger partial charge on any atom is -0.345 e. The first-order valence-corrected chi connectivity index (χ1v) is 4.07. The molecule has 5 heteroatoms. The summed E-state index contributed by atoms with van der Waals surface area (Å²) in [6, 6.07) is 0. The molecule has 0 radical (unpaired) electrons. The second-order valence-electron chi connectivity index (χ2n) is 2.06. The van der Waals surface area contributed by atoms with Crippen LogP contribution in [0.4, 0.5) is 0 Å². The molecule has 70 valence electrons. The van der Waals surface area contributed by atoms with Crippen LogP contribution in [0.5, 0.6) is 0 Å². The lowest BCUT2D eigenvalue weighted by Crippen LogP contribution is -2.25. The monoisotopic (exact) mass is 219 g/mol. The largest absolute Gasteiger partial charge is 0.345 e. The van der Waals surface area contributed by atoms with E-state index >= 15 is 0 Å². The summed E-state index contributed by atoms with van der Waals surface area (Å²) in [5.74, 6) is 1.29. The fourth-order valence-corrected chi connectivity index (χ4v) is 0.786. The number of terminal acetylenes is 1. The van der Waals surface area contributed by atoms with Gasteiger partial charge in [-0.3, -0.25) is 9.59 Å². The molecule has 0 atom stereocenters. The molecule has 13 heavy (non-hydrogen) atoms. The Kier molecular flexibility index (Phi) is 6.03. The van der Waals surface area contributed by atoms with E-state index in [-0.39, 0.29) is 17.5 Å². The molecule has 0 fully saturated rings. The lowest BCUT2D eigenvalue weighted by molar-refractivity contribution is -0.125. The highest BCUT2D eigenvalue weighted by Gasteiger charge is 2.06. The lowest BCUT2D eigenvalue weighted by atomic mass is 10.3. The summed E-state index contributed by atoms with van der Waals surface area (Å²) in [4.78, 5) is 21.7. The van der Waals surface area contributed by atoms with Crippen molar-refractivity contribution in [2.24, 2.45) is 0 Å². The standard InChI is InChI=1S/C8H7Cl2NO2/c1-2-3-11-8(13)5-6(12)4-7(9)10/h1,4H,3,5H2,(H,11,13). The van der Waals surface area contributed by atoms with Crippen LogP contribution < -0.4 is 5.32 Å². The zero-order valence-corrected chi connectivity index (χ0v) is 8.15. The van der Waals surface area contributed by atoms with Gasteiger partial charge in [0.25, 0.3) is 0 Å². The van der Waals surface area contributed by atoms with E-state index in [4.69, 9.17) is 29.6 Å². The van der Waals surface area contributed by atoms with Crippen LogP contribution in [0.15, 0.2) is 10.6 Å². The van der Waals surface area contributed by atoms with E-state index < -0.39 is 11.7 Å². The number of hydrogen-bond acceptors (Lipinski definition) is 2. The minimum absolute atomic E-state index is 0.102. The maximum absolute atomic E-state index is 10.9. The van der Waals surface area contributed by atoms with Gasteiger partial charge in [-0.25, -0.2) is 0 Å². The van der Waals surface area contributed by atoms with Crippen molar-refractivity contribution in [3.05, 3.63) is 10.6 Å². The van der Waals surface area contributed by atoms with Gasteiger partial charge in [-0.1, -0.05) is 29.1 Å². The van der Waals surface area contributed by atoms with Crippen molar-refractivity contribution in [2.75, 3.05) is 6.54 Å². The van der Waals surface area contributed by atoms with E-state index in [2.05, 4.69) is 11.2 Å². The number of nitrogens with one attached hydrogen (secondary N) is 1. The third-order valence-electron chi connectivity index (χ3n) is 0.993. The van der Waals surface area contributed by atoms with Crippen molar-refractivity contribution in [3.8, 4) is 12.3 Å². The molecule has 0 spiro atoms. The Morgan fingerprint density at radius 2 is 2.08 bits per heavy atom. The summed E-state index contributed by atoms with van der Waals surface area (Å²) in [5, 5.41) is 2.33. The van der Waals surface area contributed by atoms with Gasteiger partial charge in [0, 0.05) is 6.08 Å². The molecule has 0 heterocycles. The fourth-order valence-electron chi connectivity index (χ4n) is 0.543. The molecule has 3 nitrogen and oxygen atoms in total. The molecule has 0 aromatic heterocycles. The average Bonchev–Trinajstić information content (AvgIpc) is 1.98. The number of hydrogen-bond donors (Lipinski definition) is 1. The van der Waals surface area contributed by atoms with Crippen molar-refractivity contribution in [3.63, 3.8) is 0 Å². The fraction of sp³-hybridized carbons (Fsp3) is 0.250. The molecule has 0 unspecified atom stereocenters. The Hall–Kier alpha value is -0.980. The second-order valence-corrected chi connectivity index (χ2v) is 3.07. The van der Waals surface area contributed by atoms with E-state index in [0.717, 1.165) is 6.08 Å². The Morgan fingerprint density at radius 3 is 2.54 bits per heavy atom. The molecule has 0 aliphatic carbocycles. The number of ketones is 1. The van der Waals surface area contributed by atoms with E-state index in [1.54, 1.807) is 0 Å². The van der Waals surface area contributed by atoms with E-state index in [1.165, 1.54) is 0 Å². The van der Waals surface area contributed by atoms with Gasteiger partial charge < -0.3 is 5.32 Å². The molecule has 1 N–H and O–H groups in total. The Labute approximate surface area is 86.1 Å². The maximum atomic E-state index is 10.9. The van der Waals surface area contributed by atoms with Crippen molar-refractivity contribution >= 4 is 34.9 Å². The molecule has 0 aromatic carbocycles.